The molecule has 0 radical (unpaired) electrons. The fourth-order valence-corrected chi connectivity index (χ4v) is 2.97. The van der Waals surface area contributed by atoms with Gasteiger partial charge in [-0.2, -0.15) is 0 Å². The van der Waals surface area contributed by atoms with Crippen molar-refractivity contribution < 1.29 is 4.79 Å². The van der Waals surface area contributed by atoms with Crippen LogP contribution in [0.1, 0.15) is 24.0 Å². The van der Waals surface area contributed by atoms with Crippen LogP contribution in [-0.2, 0) is 11.2 Å². The quantitative estimate of drug-likeness (QED) is 0.636. The van der Waals surface area contributed by atoms with Crippen LogP contribution < -0.4 is 5.32 Å². The number of para-hydroxylation sites is 1. The van der Waals surface area contributed by atoms with Gasteiger partial charge < -0.3 is 10.3 Å². The first-order valence-corrected chi connectivity index (χ1v) is 8.54. The first-order valence-electron chi connectivity index (χ1n) is 7.74. The van der Waals surface area contributed by atoms with Gasteiger partial charge in [-0.15, -0.1) is 0 Å². The minimum Gasteiger partial charge on any atom is -0.361 e. The predicted molar refractivity (Wildman–Crippen MR) is 98.7 cm³/mol. The van der Waals surface area contributed by atoms with Gasteiger partial charge in [0.05, 0.1) is 0 Å². The number of rotatable bonds is 5. The third-order valence-corrected chi connectivity index (χ3v) is 4.86. The Kier molecular flexibility index (Phi) is 4.82. The lowest BCUT2D eigenvalue weighted by Crippen LogP contribution is -2.11. The monoisotopic (exact) mass is 370 g/mol. The molecular weight excluding hydrogens is 352 g/mol. The molecule has 0 spiro atoms. The summed E-state index contributed by atoms with van der Waals surface area (Å²) in [5.41, 5.74) is 4.38. The molecule has 0 aliphatic heterocycles. The highest BCUT2D eigenvalue weighted by Crippen LogP contribution is 2.21. The van der Waals surface area contributed by atoms with Crippen LogP contribution in [0, 0.1) is 6.92 Å². The summed E-state index contributed by atoms with van der Waals surface area (Å²) < 4.78 is 1.05. The summed E-state index contributed by atoms with van der Waals surface area (Å²) >= 11 is 3.46. The van der Waals surface area contributed by atoms with E-state index in [-0.39, 0.29) is 5.91 Å². The van der Waals surface area contributed by atoms with Crippen LogP contribution in [0.25, 0.3) is 10.9 Å². The maximum atomic E-state index is 12.1. The number of anilines is 1. The Bertz CT molecular complexity index is 838. The van der Waals surface area contributed by atoms with E-state index in [1.54, 1.807) is 0 Å². The van der Waals surface area contributed by atoms with Gasteiger partial charge in [0.25, 0.3) is 0 Å². The number of fused-ring (bicyclic) bond motifs is 1. The molecule has 3 aromatic rings. The molecule has 0 saturated carbocycles. The van der Waals surface area contributed by atoms with E-state index < -0.39 is 0 Å². The van der Waals surface area contributed by atoms with Gasteiger partial charge in [0.2, 0.25) is 5.91 Å². The minimum atomic E-state index is 0.0616. The highest BCUT2D eigenvalue weighted by molar-refractivity contribution is 9.10. The summed E-state index contributed by atoms with van der Waals surface area (Å²) in [5.74, 6) is 0.0616. The second-order valence-electron chi connectivity index (χ2n) is 5.73. The lowest BCUT2D eigenvalue weighted by molar-refractivity contribution is -0.116. The van der Waals surface area contributed by atoms with Crippen molar-refractivity contribution in [2.75, 3.05) is 5.32 Å². The summed E-state index contributed by atoms with van der Waals surface area (Å²) in [6, 6.07) is 14.1. The van der Waals surface area contributed by atoms with Gasteiger partial charge >= 0.3 is 0 Å². The molecule has 0 saturated heterocycles. The van der Waals surface area contributed by atoms with Crippen LogP contribution >= 0.6 is 15.9 Å². The second kappa shape index (κ2) is 7.01. The average Bonchev–Trinajstić information content (AvgIpc) is 2.94. The van der Waals surface area contributed by atoms with Gasteiger partial charge in [0.15, 0.2) is 0 Å². The molecule has 4 heteroatoms. The van der Waals surface area contributed by atoms with Crippen LogP contribution in [-0.4, -0.2) is 10.9 Å². The number of aromatic amines is 1. The Morgan fingerprint density at radius 1 is 1.22 bits per heavy atom. The third-order valence-electron chi connectivity index (χ3n) is 3.97. The third kappa shape index (κ3) is 3.82. The molecule has 2 aromatic carbocycles. The molecule has 0 aliphatic rings. The molecule has 0 aliphatic carbocycles. The van der Waals surface area contributed by atoms with E-state index in [1.807, 2.05) is 43.5 Å². The molecule has 1 amide bonds. The van der Waals surface area contributed by atoms with Crippen molar-refractivity contribution in [3.8, 4) is 0 Å². The Morgan fingerprint density at radius 2 is 2.04 bits per heavy atom. The Balaban J connectivity index is 1.54. The number of hydrogen-bond acceptors (Lipinski definition) is 1. The first kappa shape index (κ1) is 15.8. The molecule has 0 fully saturated rings. The largest absolute Gasteiger partial charge is 0.361 e. The summed E-state index contributed by atoms with van der Waals surface area (Å²) in [6.45, 7) is 2.01. The average molecular weight is 371 g/mol. The highest BCUT2D eigenvalue weighted by Gasteiger charge is 2.06. The number of hydrogen-bond donors (Lipinski definition) is 2. The fraction of sp³-hybridized carbons (Fsp3) is 0.211. The van der Waals surface area contributed by atoms with Crippen molar-refractivity contribution in [1.82, 2.24) is 4.98 Å². The second-order valence-corrected chi connectivity index (χ2v) is 6.58. The van der Waals surface area contributed by atoms with Crippen molar-refractivity contribution in [2.45, 2.75) is 26.2 Å². The van der Waals surface area contributed by atoms with Crippen molar-refractivity contribution in [2.24, 2.45) is 0 Å². The van der Waals surface area contributed by atoms with Crippen LogP contribution in [0.3, 0.4) is 0 Å². The SMILES string of the molecule is Cc1cc(NC(=O)CCCc2c[nH]c3ccccc23)ccc1Br. The van der Waals surface area contributed by atoms with Crippen molar-refractivity contribution >= 4 is 38.4 Å². The molecule has 23 heavy (non-hydrogen) atoms. The van der Waals surface area contributed by atoms with Gasteiger partial charge in [0.1, 0.15) is 0 Å². The molecule has 3 rings (SSSR count). The normalized spacial score (nSPS) is 10.9. The number of nitrogens with one attached hydrogen (secondary N) is 2. The Hall–Kier alpha value is -2.07. The molecular formula is C19H19BrN2O. The molecule has 0 atom stereocenters. The van der Waals surface area contributed by atoms with E-state index in [9.17, 15) is 4.79 Å². The predicted octanol–water partition coefficient (Wildman–Crippen LogP) is 5.20. The minimum absolute atomic E-state index is 0.0616. The van der Waals surface area contributed by atoms with E-state index in [4.69, 9.17) is 0 Å². The zero-order chi connectivity index (χ0) is 16.2. The highest BCUT2D eigenvalue weighted by atomic mass is 79.9. The summed E-state index contributed by atoms with van der Waals surface area (Å²) in [6.07, 6.45) is 4.30. The number of carbonyl (C=O) groups is 1. The van der Waals surface area contributed by atoms with Gasteiger partial charge in [-0.05, 0) is 55.2 Å². The molecule has 118 valence electrons. The summed E-state index contributed by atoms with van der Waals surface area (Å²) in [5, 5.41) is 4.21. The van der Waals surface area contributed by atoms with E-state index in [0.717, 1.165) is 34.1 Å². The maximum absolute atomic E-state index is 12.1. The lowest BCUT2D eigenvalue weighted by atomic mass is 10.1. The topological polar surface area (TPSA) is 44.9 Å². The number of amides is 1. The number of aromatic nitrogens is 1. The number of aryl methyl sites for hydroxylation is 2. The molecule has 0 bridgehead atoms. The fourth-order valence-electron chi connectivity index (χ4n) is 2.72. The molecule has 3 nitrogen and oxygen atoms in total. The van der Waals surface area contributed by atoms with Crippen molar-refractivity contribution in [3.05, 3.63) is 64.3 Å². The van der Waals surface area contributed by atoms with Gasteiger partial charge in [-0.25, -0.2) is 0 Å². The smallest absolute Gasteiger partial charge is 0.224 e. The van der Waals surface area contributed by atoms with Crippen molar-refractivity contribution in [1.29, 1.82) is 0 Å². The Labute approximate surface area is 144 Å². The molecule has 1 aromatic heterocycles. The van der Waals surface area contributed by atoms with Gasteiger partial charge in [-0.1, -0.05) is 34.1 Å². The van der Waals surface area contributed by atoms with Crippen LogP contribution in [0.5, 0.6) is 0 Å². The van der Waals surface area contributed by atoms with E-state index in [1.165, 1.54) is 10.9 Å². The van der Waals surface area contributed by atoms with Gasteiger partial charge in [0, 0.05) is 33.7 Å². The van der Waals surface area contributed by atoms with E-state index in [2.05, 4.69) is 38.4 Å². The summed E-state index contributed by atoms with van der Waals surface area (Å²) in [7, 11) is 0. The maximum Gasteiger partial charge on any atom is 0.224 e. The zero-order valence-corrected chi connectivity index (χ0v) is 14.6. The van der Waals surface area contributed by atoms with Crippen LogP contribution in [0.15, 0.2) is 53.1 Å². The number of H-pyrrole nitrogens is 1. The van der Waals surface area contributed by atoms with Crippen LogP contribution in [0.2, 0.25) is 0 Å². The molecule has 2 N–H and O–H groups in total. The number of carbonyl (C=O) groups excluding carboxylic acids is 1. The zero-order valence-electron chi connectivity index (χ0n) is 13.0. The number of benzene rings is 2. The first-order chi connectivity index (χ1) is 11.1. The van der Waals surface area contributed by atoms with E-state index in [0.29, 0.717) is 6.42 Å². The van der Waals surface area contributed by atoms with Crippen molar-refractivity contribution in [3.63, 3.8) is 0 Å². The Morgan fingerprint density at radius 3 is 2.87 bits per heavy atom. The summed E-state index contributed by atoms with van der Waals surface area (Å²) in [4.78, 5) is 15.3. The molecule has 0 unspecified atom stereocenters. The van der Waals surface area contributed by atoms with E-state index >= 15 is 0 Å². The lowest BCUT2D eigenvalue weighted by Gasteiger charge is -2.07. The standard InChI is InChI=1S/C19H19BrN2O/c1-13-11-15(9-10-17(13)20)22-19(23)8-4-5-14-12-21-18-7-3-2-6-16(14)18/h2-3,6-7,9-12,21H,4-5,8H2,1H3,(H,22,23). The van der Waals surface area contributed by atoms with Crippen LogP contribution in [0.4, 0.5) is 5.69 Å². The number of halogens is 1. The molecule has 1 heterocycles. The van der Waals surface area contributed by atoms with Gasteiger partial charge in [-0.3, -0.25) is 4.79 Å².